The number of rotatable bonds is 3. The van der Waals surface area contributed by atoms with Crippen molar-refractivity contribution in [3.63, 3.8) is 0 Å². The molecule has 2 rings (SSSR count). The molecule has 78 valence electrons. The SMILES string of the molecule is Cn1ccnc1CNc1ccccc1F. The van der Waals surface area contributed by atoms with Crippen LogP contribution in [0.5, 0.6) is 0 Å². The highest BCUT2D eigenvalue weighted by Gasteiger charge is 2.02. The third-order valence-corrected chi connectivity index (χ3v) is 2.23. The molecule has 0 saturated carbocycles. The first-order valence-electron chi connectivity index (χ1n) is 4.72. The highest BCUT2D eigenvalue weighted by Crippen LogP contribution is 2.13. The van der Waals surface area contributed by atoms with Crippen molar-refractivity contribution in [2.24, 2.45) is 7.05 Å². The standard InChI is InChI=1S/C11H12FN3/c1-15-7-6-13-11(15)8-14-10-5-3-2-4-9(10)12/h2-7,14H,8H2,1H3. The van der Waals surface area contributed by atoms with E-state index in [2.05, 4.69) is 10.3 Å². The van der Waals surface area contributed by atoms with Gasteiger partial charge in [-0.1, -0.05) is 12.1 Å². The summed E-state index contributed by atoms with van der Waals surface area (Å²) in [5.41, 5.74) is 0.500. The number of benzene rings is 1. The number of anilines is 1. The van der Waals surface area contributed by atoms with Gasteiger partial charge in [0, 0.05) is 19.4 Å². The fourth-order valence-electron chi connectivity index (χ4n) is 1.35. The molecule has 2 aromatic rings. The van der Waals surface area contributed by atoms with E-state index in [1.165, 1.54) is 6.07 Å². The summed E-state index contributed by atoms with van der Waals surface area (Å²) >= 11 is 0. The molecule has 1 heterocycles. The second-order valence-corrected chi connectivity index (χ2v) is 3.29. The van der Waals surface area contributed by atoms with Gasteiger partial charge in [0.25, 0.3) is 0 Å². The molecule has 3 nitrogen and oxygen atoms in total. The van der Waals surface area contributed by atoms with E-state index < -0.39 is 0 Å². The molecule has 0 aliphatic heterocycles. The number of nitrogens with one attached hydrogen (secondary N) is 1. The predicted octanol–water partition coefficient (Wildman–Crippen LogP) is 2.17. The number of nitrogens with zero attached hydrogens (tertiary/aromatic N) is 2. The minimum atomic E-state index is -0.244. The zero-order chi connectivity index (χ0) is 10.7. The van der Waals surface area contributed by atoms with E-state index in [0.717, 1.165) is 5.82 Å². The van der Waals surface area contributed by atoms with E-state index in [-0.39, 0.29) is 5.82 Å². The second kappa shape index (κ2) is 4.13. The van der Waals surface area contributed by atoms with Gasteiger partial charge in [0.1, 0.15) is 11.6 Å². The topological polar surface area (TPSA) is 29.9 Å². The Labute approximate surface area is 87.6 Å². The van der Waals surface area contributed by atoms with Gasteiger partial charge in [-0.2, -0.15) is 0 Å². The van der Waals surface area contributed by atoms with Gasteiger partial charge >= 0.3 is 0 Å². The Morgan fingerprint density at radius 2 is 2.20 bits per heavy atom. The summed E-state index contributed by atoms with van der Waals surface area (Å²) in [6.45, 7) is 0.518. The van der Waals surface area contributed by atoms with E-state index in [1.807, 2.05) is 17.8 Å². The maximum atomic E-state index is 13.2. The van der Waals surface area contributed by atoms with Crippen LogP contribution in [0.4, 0.5) is 10.1 Å². The van der Waals surface area contributed by atoms with Crippen LogP contribution in [-0.4, -0.2) is 9.55 Å². The average molecular weight is 205 g/mol. The van der Waals surface area contributed by atoms with Gasteiger partial charge in [-0.15, -0.1) is 0 Å². The Hall–Kier alpha value is -1.84. The molecule has 0 atom stereocenters. The lowest BCUT2D eigenvalue weighted by Crippen LogP contribution is -2.06. The van der Waals surface area contributed by atoms with Gasteiger partial charge in [-0.25, -0.2) is 9.37 Å². The first-order chi connectivity index (χ1) is 7.27. The van der Waals surface area contributed by atoms with Crippen LogP contribution in [0, 0.1) is 5.82 Å². The minimum Gasteiger partial charge on any atom is -0.375 e. The third-order valence-electron chi connectivity index (χ3n) is 2.23. The summed E-state index contributed by atoms with van der Waals surface area (Å²) < 4.78 is 15.1. The van der Waals surface area contributed by atoms with Gasteiger partial charge in [-0.05, 0) is 12.1 Å². The fraction of sp³-hybridized carbons (Fsp3) is 0.182. The lowest BCUT2D eigenvalue weighted by molar-refractivity contribution is 0.629. The number of halogens is 1. The first kappa shape index (κ1) is 9.71. The van der Waals surface area contributed by atoms with E-state index in [1.54, 1.807) is 24.4 Å². The highest BCUT2D eigenvalue weighted by atomic mass is 19.1. The maximum Gasteiger partial charge on any atom is 0.146 e. The highest BCUT2D eigenvalue weighted by molar-refractivity contribution is 5.44. The molecule has 0 aliphatic carbocycles. The van der Waals surface area contributed by atoms with Crippen molar-refractivity contribution in [1.29, 1.82) is 0 Å². The largest absolute Gasteiger partial charge is 0.375 e. The normalized spacial score (nSPS) is 10.3. The van der Waals surface area contributed by atoms with Crippen molar-refractivity contribution in [1.82, 2.24) is 9.55 Å². The van der Waals surface area contributed by atoms with Gasteiger partial charge in [0.2, 0.25) is 0 Å². The van der Waals surface area contributed by atoms with Crippen LogP contribution < -0.4 is 5.32 Å². The number of para-hydroxylation sites is 1. The fourth-order valence-corrected chi connectivity index (χ4v) is 1.35. The van der Waals surface area contributed by atoms with Crippen molar-refractivity contribution in [3.05, 3.63) is 48.3 Å². The Balaban J connectivity index is 2.06. The second-order valence-electron chi connectivity index (χ2n) is 3.29. The number of aromatic nitrogens is 2. The zero-order valence-corrected chi connectivity index (χ0v) is 8.44. The molecule has 0 unspecified atom stereocenters. The Bertz CT molecular complexity index is 451. The smallest absolute Gasteiger partial charge is 0.146 e. The van der Waals surface area contributed by atoms with Crippen molar-refractivity contribution in [2.75, 3.05) is 5.32 Å². The van der Waals surface area contributed by atoms with Crippen LogP contribution in [0.3, 0.4) is 0 Å². The summed E-state index contributed by atoms with van der Waals surface area (Å²) in [5, 5.41) is 3.00. The van der Waals surface area contributed by atoms with Crippen molar-refractivity contribution < 1.29 is 4.39 Å². The molecule has 0 spiro atoms. The van der Waals surface area contributed by atoms with Crippen LogP contribution in [0.15, 0.2) is 36.7 Å². The molecule has 0 amide bonds. The summed E-state index contributed by atoms with van der Waals surface area (Å²) in [6.07, 6.45) is 3.58. The van der Waals surface area contributed by atoms with E-state index in [4.69, 9.17) is 0 Å². The molecule has 15 heavy (non-hydrogen) atoms. The number of hydrogen-bond donors (Lipinski definition) is 1. The van der Waals surface area contributed by atoms with E-state index in [0.29, 0.717) is 12.2 Å². The Morgan fingerprint density at radius 1 is 1.40 bits per heavy atom. The molecule has 1 aromatic carbocycles. The summed E-state index contributed by atoms with van der Waals surface area (Å²) in [7, 11) is 1.91. The van der Waals surface area contributed by atoms with Gasteiger partial charge in [0.15, 0.2) is 0 Å². The molecule has 4 heteroatoms. The van der Waals surface area contributed by atoms with Gasteiger partial charge < -0.3 is 9.88 Å². The molecule has 1 N–H and O–H groups in total. The molecular formula is C11H12FN3. The molecular weight excluding hydrogens is 193 g/mol. The molecule has 0 radical (unpaired) electrons. The lowest BCUT2D eigenvalue weighted by atomic mass is 10.3. The van der Waals surface area contributed by atoms with Crippen LogP contribution in [0.1, 0.15) is 5.82 Å². The predicted molar refractivity (Wildman–Crippen MR) is 56.9 cm³/mol. The third kappa shape index (κ3) is 2.15. The van der Waals surface area contributed by atoms with E-state index >= 15 is 0 Å². The number of imidazole rings is 1. The van der Waals surface area contributed by atoms with Crippen LogP contribution in [0.25, 0.3) is 0 Å². The van der Waals surface area contributed by atoms with Gasteiger partial charge in [0.05, 0.1) is 12.2 Å². The lowest BCUT2D eigenvalue weighted by Gasteiger charge is -2.06. The quantitative estimate of drug-likeness (QED) is 0.832. The van der Waals surface area contributed by atoms with Crippen molar-refractivity contribution in [2.45, 2.75) is 6.54 Å². The maximum absolute atomic E-state index is 13.2. The van der Waals surface area contributed by atoms with Crippen LogP contribution >= 0.6 is 0 Å². The molecule has 0 aliphatic rings. The van der Waals surface area contributed by atoms with Crippen LogP contribution in [-0.2, 0) is 13.6 Å². The van der Waals surface area contributed by atoms with E-state index in [9.17, 15) is 4.39 Å². The molecule has 0 saturated heterocycles. The zero-order valence-electron chi connectivity index (χ0n) is 8.44. The number of aryl methyl sites for hydroxylation is 1. The monoisotopic (exact) mass is 205 g/mol. The Morgan fingerprint density at radius 3 is 2.87 bits per heavy atom. The minimum absolute atomic E-state index is 0.244. The number of hydrogen-bond acceptors (Lipinski definition) is 2. The molecule has 1 aromatic heterocycles. The first-order valence-corrected chi connectivity index (χ1v) is 4.72. The van der Waals surface area contributed by atoms with Crippen LogP contribution in [0.2, 0.25) is 0 Å². The Kier molecular flexibility index (Phi) is 2.67. The summed E-state index contributed by atoms with van der Waals surface area (Å²) in [5.74, 6) is 0.630. The molecule has 0 bridgehead atoms. The summed E-state index contributed by atoms with van der Waals surface area (Å²) in [6, 6.07) is 6.60. The van der Waals surface area contributed by atoms with Crippen molar-refractivity contribution in [3.8, 4) is 0 Å². The van der Waals surface area contributed by atoms with Gasteiger partial charge in [-0.3, -0.25) is 0 Å². The average Bonchev–Trinajstić information content (AvgIpc) is 2.63. The summed E-state index contributed by atoms with van der Waals surface area (Å²) in [4.78, 5) is 4.14. The molecule has 0 fully saturated rings. The van der Waals surface area contributed by atoms with Crippen molar-refractivity contribution >= 4 is 5.69 Å².